The van der Waals surface area contributed by atoms with Crippen molar-refractivity contribution in [1.29, 1.82) is 0 Å². The molecule has 3 rings (SSSR count). The van der Waals surface area contributed by atoms with E-state index in [0.29, 0.717) is 0 Å². The Kier molecular flexibility index (Phi) is 4.14. The summed E-state index contributed by atoms with van der Waals surface area (Å²) in [7, 11) is 0. The van der Waals surface area contributed by atoms with E-state index >= 15 is 0 Å². The number of rotatable bonds is 1. The largest absolute Gasteiger partial charge is 0.305 e. The fourth-order valence-electron chi connectivity index (χ4n) is 2.19. The molecule has 1 radical (unpaired) electrons. The van der Waals surface area contributed by atoms with Gasteiger partial charge in [-0.25, -0.2) is 0 Å². The van der Waals surface area contributed by atoms with Crippen molar-refractivity contribution in [2.45, 2.75) is 13.8 Å². The average molecular weight is 425 g/mol. The van der Waals surface area contributed by atoms with Crippen LogP contribution in [0.1, 0.15) is 11.1 Å². The normalized spacial score (nSPS) is 10.2. The molecule has 0 saturated heterocycles. The van der Waals surface area contributed by atoms with Gasteiger partial charge in [0.15, 0.2) is 0 Å². The summed E-state index contributed by atoms with van der Waals surface area (Å²) < 4.78 is 0. The third-order valence-electron chi connectivity index (χ3n) is 3.43. The first-order valence-electron chi connectivity index (χ1n) is 6.09. The van der Waals surface area contributed by atoms with E-state index < -0.39 is 0 Å². The van der Waals surface area contributed by atoms with Crippen LogP contribution in [0.4, 0.5) is 0 Å². The molecule has 0 aliphatic rings. The molecule has 19 heavy (non-hydrogen) atoms. The van der Waals surface area contributed by atoms with Gasteiger partial charge in [0.25, 0.3) is 0 Å². The van der Waals surface area contributed by atoms with E-state index in [0.717, 1.165) is 11.3 Å². The second-order valence-corrected chi connectivity index (χ2v) is 4.57. The first kappa shape index (κ1) is 13.9. The van der Waals surface area contributed by atoms with Gasteiger partial charge in [0.1, 0.15) is 0 Å². The summed E-state index contributed by atoms with van der Waals surface area (Å²) in [5.41, 5.74) is 4.68. The van der Waals surface area contributed by atoms with Crippen LogP contribution in [-0.4, -0.2) is 4.98 Å². The van der Waals surface area contributed by atoms with Crippen molar-refractivity contribution in [2.24, 2.45) is 0 Å². The molecule has 2 aromatic carbocycles. The molecule has 1 nitrogen and oxygen atoms in total. The van der Waals surface area contributed by atoms with Crippen molar-refractivity contribution in [3.63, 3.8) is 0 Å². The molecule has 0 saturated carbocycles. The monoisotopic (exact) mass is 425 g/mol. The van der Waals surface area contributed by atoms with Gasteiger partial charge in [-0.2, -0.15) is 0 Å². The van der Waals surface area contributed by atoms with Crippen LogP contribution < -0.4 is 0 Å². The maximum absolute atomic E-state index is 4.38. The third-order valence-corrected chi connectivity index (χ3v) is 3.43. The number of hydrogen-bond donors (Lipinski definition) is 0. The summed E-state index contributed by atoms with van der Waals surface area (Å²) in [5, 5.41) is 2.52. The van der Waals surface area contributed by atoms with Gasteiger partial charge >= 0.3 is 0 Å². The molecule has 0 bridgehead atoms. The van der Waals surface area contributed by atoms with E-state index in [4.69, 9.17) is 0 Å². The molecule has 0 unspecified atom stereocenters. The van der Waals surface area contributed by atoms with Gasteiger partial charge in [0.05, 0.1) is 0 Å². The molecule has 0 aliphatic carbocycles. The SMILES string of the molecule is Cc1ccc2c[c-]c(-c3ccccn3)cc2c1C.[Ir]. The Morgan fingerprint density at radius 1 is 1.05 bits per heavy atom. The van der Waals surface area contributed by atoms with Gasteiger partial charge in [-0.05, 0) is 31.2 Å². The Balaban J connectivity index is 0.00000133. The van der Waals surface area contributed by atoms with E-state index in [2.05, 4.69) is 43.1 Å². The van der Waals surface area contributed by atoms with Crippen LogP contribution in [0, 0.1) is 19.9 Å². The molecular formula is C17H14IrN-. The van der Waals surface area contributed by atoms with Gasteiger partial charge in [-0.3, -0.25) is 0 Å². The second-order valence-electron chi connectivity index (χ2n) is 4.57. The van der Waals surface area contributed by atoms with E-state index in [1.54, 1.807) is 0 Å². The summed E-state index contributed by atoms with van der Waals surface area (Å²) >= 11 is 0. The van der Waals surface area contributed by atoms with Gasteiger partial charge < -0.3 is 4.98 Å². The smallest absolute Gasteiger partial charge is 0.0160 e. The number of fused-ring (bicyclic) bond motifs is 1. The zero-order chi connectivity index (χ0) is 12.5. The molecule has 2 heteroatoms. The zero-order valence-corrected chi connectivity index (χ0v) is 13.3. The number of aromatic nitrogens is 1. The van der Waals surface area contributed by atoms with Crippen molar-refractivity contribution >= 4 is 10.8 Å². The molecule has 97 valence electrons. The van der Waals surface area contributed by atoms with Gasteiger partial charge in [0, 0.05) is 26.3 Å². The van der Waals surface area contributed by atoms with Crippen molar-refractivity contribution in [1.82, 2.24) is 4.98 Å². The second kappa shape index (κ2) is 5.64. The van der Waals surface area contributed by atoms with E-state index in [9.17, 15) is 0 Å². The minimum atomic E-state index is 0. The quantitative estimate of drug-likeness (QED) is 0.531. The van der Waals surface area contributed by atoms with Crippen LogP contribution in [0.2, 0.25) is 0 Å². The van der Waals surface area contributed by atoms with Crippen LogP contribution in [-0.2, 0) is 20.1 Å². The van der Waals surface area contributed by atoms with E-state index in [-0.39, 0.29) is 20.1 Å². The van der Waals surface area contributed by atoms with Crippen molar-refractivity contribution in [3.8, 4) is 11.3 Å². The molecule has 0 spiro atoms. The number of aryl methyl sites for hydroxylation is 2. The molecule has 0 fully saturated rings. The molecule has 0 N–H and O–H groups in total. The number of nitrogens with zero attached hydrogens (tertiary/aromatic N) is 1. The van der Waals surface area contributed by atoms with Gasteiger partial charge in [-0.1, -0.05) is 40.6 Å². The fraction of sp³-hybridized carbons (Fsp3) is 0.118. The Morgan fingerprint density at radius 2 is 1.89 bits per heavy atom. The molecule has 3 aromatic rings. The fourth-order valence-corrected chi connectivity index (χ4v) is 2.19. The number of hydrogen-bond acceptors (Lipinski definition) is 1. The van der Waals surface area contributed by atoms with Crippen LogP contribution in [0.25, 0.3) is 22.0 Å². The topological polar surface area (TPSA) is 12.9 Å². The minimum Gasteiger partial charge on any atom is -0.305 e. The molecule has 0 atom stereocenters. The Bertz CT molecular complexity index is 705. The molecule has 0 aliphatic heterocycles. The minimum absolute atomic E-state index is 0. The summed E-state index contributed by atoms with van der Waals surface area (Å²) in [6.07, 6.45) is 1.82. The Hall–Kier alpha value is -1.50. The maximum atomic E-state index is 4.38. The van der Waals surface area contributed by atoms with Crippen molar-refractivity contribution in [3.05, 3.63) is 65.9 Å². The first-order chi connectivity index (χ1) is 8.75. The Morgan fingerprint density at radius 3 is 2.63 bits per heavy atom. The van der Waals surface area contributed by atoms with Crippen LogP contribution in [0.5, 0.6) is 0 Å². The predicted octanol–water partition coefficient (Wildman–Crippen LogP) is 4.32. The summed E-state index contributed by atoms with van der Waals surface area (Å²) in [6.45, 7) is 4.31. The molecule has 1 heterocycles. The van der Waals surface area contributed by atoms with Crippen LogP contribution in [0.15, 0.2) is 48.7 Å². The predicted molar refractivity (Wildman–Crippen MR) is 75.5 cm³/mol. The Labute approximate surface area is 127 Å². The number of pyridine rings is 1. The van der Waals surface area contributed by atoms with Crippen LogP contribution in [0.3, 0.4) is 0 Å². The standard InChI is InChI=1S/C17H14N.Ir/c1-12-6-7-14-8-9-15(11-16(14)13(12)2)17-5-3-4-10-18-17;/h3-8,10-11H,1-2H3;/q-1;. The average Bonchev–Trinajstić information content (AvgIpc) is 2.44. The third kappa shape index (κ3) is 2.60. The number of benzene rings is 2. The molecule has 0 amide bonds. The summed E-state index contributed by atoms with van der Waals surface area (Å²) in [6, 6.07) is 17.8. The van der Waals surface area contributed by atoms with Crippen molar-refractivity contribution < 1.29 is 20.1 Å². The van der Waals surface area contributed by atoms with E-state index in [1.807, 2.05) is 30.5 Å². The van der Waals surface area contributed by atoms with E-state index in [1.165, 1.54) is 21.9 Å². The molecular weight excluding hydrogens is 410 g/mol. The van der Waals surface area contributed by atoms with Gasteiger partial charge in [0.2, 0.25) is 0 Å². The van der Waals surface area contributed by atoms with Crippen molar-refractivity contribution in [2.75, 3.05) is 0 Å². The molecule has 1 aromatic heterocycles. The zero-order valence-electron chi connectivity index (χ0n) is 10.9. The summed E-state index contributed by atoms with van der Waals surface area (Å²) in [4.78, 5) is 4.38. The maximum Gasteiger partial charge on any atom is 0.0160 e. The van der Waals surface area contributed by atoms with Crippen LogP contribution >= 0.6 is 0 Å². The first-order valence-corrected chi connectivity index (χ1v) is 6.09. The van der Waals surface area contributed by atoms with Gasteiger partial charge in [-0.15, -0.1) is 23.8 Å². The summed E-state index contributed by atoms with van der Waals surface area (Å²) in [5.74, 6) is 0.